The highest BCUT2D eigenvalue weighted by atomic mass is 19.1. The Hall–Kier alpha value is -0.930. The second-order valence-electron chi connectivity index (χ2n) is 6.92. The van der Waals surface area contributed by atoms with Crippen molar-refractivity contribution in [1.29, 1.82) is 0 Å². The highest BCUT2D eigenvalue weighted by Crippen LogP contribution is 2.46. The van der Waals surface area contributed by atoms with E-state index in [4.69, 9.17) is 10.5 Å². The number of ether oxygens (including phenoxy) is 1. The minimum atomic E-state index is -0.364. The van der Waals surface area contributed by atoms with E-state index in [1.54, 1.807) is 26.2 Å². The van der Waals surface area contributed by atoms with Gasteiger partial charge in [-0.2, -0.15) is 0 Å². The largest absolute Gasteiger partial charge is 0.376 e. The Morgan fingerprint density at radius 2 is 1.80 bits per heavy atom. The van der Waals surface area contributed by atoms with E-state index in [0.29, 0.717) is 11.0 Å². The zero-order valence-electron chi connectivity index (χ0n) is 13.0. The summed E-state index contributed by atoms with van der Waals surface area (Å²) in [5.74, 6) is -0.194. The zero-order chi connectivity index (χ0) is 15.0. The fourth-order valence-electron chi connectivity index (χ4n) is 3.10. The number of nitrogens with two attached hydrogens (primary N) is 1. The highest BCUT2D eigenvalue weighted by Gasteiger charge is 2.43. The van der Waals surface area contributed by atoms with Crippen LogP contribution in [0.15, 0.2) is 18.2 Å². The number of hydrogen-bond donors (Lipinski definition) is 1. The molecule has 2 nitrogen and oxygen atoms in total. The maximum atomic E-state index is 13.8. The third-order valence-corrected chi connectivity index (χ3v) is 4.98. The third kappa shape index (κ3) is 2.89. The molecule has 3 heteroatoms. The van der Waals surface area contributed by atoms with Gasteiger partial charge in [0.1, 0.15) is 5.82 Å². The Morgan fingerprint density at radius 3 is 2.30 bits per heavy atom. The van der Waals surface area contributed by atoms with E-state index in [1.165, 1.54) is 0 Å². The molecule has 0 aromatic heterocycles. The predicted molar refractivity (Wildman–Crippen MR) is 80.1 cm³/mol. The summed E-state index contributed by atoms with van der Waals surface area (Å²) in [7, 11) is 1.72. The zero-order valence-corrected chi connectivity index (χ0v) is 13.0. The topological polar surface area (TPSA) is 35.2 Å². The van der Waals surface area contributed by atoms with Crippen molar-refractivity contribution in [2.75, 3.05) is 7.11 Å². The lowest BCUT2D eigenvalue weighted by atomic mass is 9.67. The van der Waals surface area contributed by atoms with Crippen LogP contribution in [0.3, 0.4) is 0 Å². The molecule has 0 bridgehead atoms. The highest BCUT2D eigenvalue weighted by molar-refractivity contribution is 5.28. The van der Waals surface area contributed by atoms with Crippen molar-refractivity contribution in [2.24, 2.45) is 11.1 Å². The van der Waals surface area contributed by atoms with Crippen LogP contribution in [-0.2, 0) is 4.74 Å². The predicted octanol–water partition coefficient (Wildman–Crippen LogP) is 4.12. The first-order valence-electron chi connectivity index (χ1n) is 7.36. The molecule has 0 aliphatic heterocycles. The van der Waals surface area contributed by atoms with Crippen LogP contribution in [0.1, 0.15) is 56.7 Å². The maximum absolute atomic E-state index is 13.8. The van der Waals surface area contributed by atoms with Crippen molar-refractivity contribution < 1.29 is 9.13 Å². The molecule has 20 heavy (non-hydrogen) atoms. The number of methoxy groups -OCH3 is 1. The molecule has 0 amide bonds. The molecule has 1 aliphatic rings. The van der Waals surface area contributed by atoms with Crippen LogP contribution in [-0.4, -0.2) is 12.7 Å². The van der Waals surface area contributed by atoms with Crippen molar-refractivity contribution in [2.45, 2.75) is 58.1 Å². The van der Waals surface area contributed by atoms with Crippen molar-refractivity contribution >= 4 is 0 Å². The average Bonchev–Trinajstić information content (AvgIpc) is 2.42. The van der Waals surface area contributed by atoms with Crippen molar-refractivity contribution in [3.63, 3.8) is 0 Å². The van der Waals surface area contributed by atoms with E-state index in [1.807, 2.05) is 6.07 Å². The SMILES string of the molecule is COC1(C(N)c2ccc(C)c(F)c2)CCC(C)(C)CC1. The molecule has 1 atom stereocenters. The van der Waals surface area contributed by atoms with E-state index in [2.05, 4.69) is 13.8 Å². The molecule has 112 valence electrons. The van der Waals surface area contributed by atoms with Gasteiger partial charge in [0, 0.05) is 7.11 Å². The van der Waals surface area contributed by atoms with Crippen LogP contribution in [0.5, 0.6) is 0 Å². The number of benzene rings is 1. The molecule has 0 radical (unpaired) electrons. The van der Waals surface area contributed by atoms with Crippen LogP contribution in [0, 0.1) is 18.2 Å². The Bertz CT molecular complexity index is 474. The molecule has 0 spiro atoms. The minimum Gasteiger partial charge on any atom is -0.376 e. The van der Waals surface area contributed by atoms with Gasteiger partial charge in [-0.3, -0.25) is 0 Å². The smallest absolute Gasteiger partial charge is 0.126 e. The van der Waals surface area contributed by atoms with Gasteiger partial charge >= 0.3 is 0 Å². The first-order valence-corrected chi connectivity index (χ1v) is 7.36. The van der Waals surface area contributed by atoms with Gasteiger partial charge < -0.3 is 10.5 Å². The molecule has 1 unspecified atom stereocenters. The fraction of sp³-hybridized carbons (Fsp3) is 0.647. The number of hydrogen-bond acceptors (Lipinski definition) is 2. The monoisotopic (exact) mass is 279 g/mol. The van der Waals surface area contributed by atoms with Gasteiger partial charge in [-0.1, -0.05) is 26.0 Å². The van der Waals surface area contributed by atoms with Crippen molar-refractivity contribution in [3.8, 4) is 0 Å². The van der Waals surface area contributed by atoms with Crippen LogP contribution < -0.4 is 5.73 Å². The quantitative estimate of drug-likeness (QED) is 0.903. The average molecular weight is 279 g/mol. The Kier molecular flexibility index (Phi) is 4.22. The molecule has 0 heterocycles. The molecule has 1 aromatic rings. The van der Waals surface area contributed by atoms with Gasteiger partial charge in [-0.15, -0.1) is 0 Å². The van der Waals surface area contributed by atoms with Gasteiger partial charge in [0.05, 0.1) is 11.6 Å². The Labute approximate surface area is 121 Å². The number of aryl methyl sites for hydroxylation is 1. The van der Waals surface area contributed by atoms with Crippen LogP contribution in [0.25, 0.3) is 0 Å². The first-order chi connectivity index (χ1) is 9.30. The summed E-state index contributed by atoms with van der Waals surface area (Å²) in [4.78, 5) is 0. The van der Waals surface area contributed by atoms with Gasteiger partial charge in [-0.05, 0) is 55.2 Å². The van der Waals surface area contributed by atoms with E-state index < -0.39 is 0 Å². The van der Waals surface area contributed by atoms with Gasteiger partial charge in [0.25, 0.3) is 0 Å². The summed E-state index contributed by atoms with van der Waals surface area (Å²) < 4.78 is 19.6. The molecule has 2 N–H and O–H groups in total. The van der Waals surface area contributed by atoms with Crippen LogP contribution >= 0.6 is 0 Å². The molecular weight excluding hydrogens is 253 g/mol. The second kappa shape index (κ2) is 5.45. The van der Waals surface area contributed by atoms with Gasteiger partial charge in [0.2, 0.25) is 0 Å². The van der Waals surface area contributed by atoms with Crippen molar-refractivity contribution in [1.82, 2.24) is 0 Å². The number of halogens is 1. The summed E-state index contributed by atoms with van der Waals surface area (Å²) in [6.45, 7) is 6.33. The molecule has 2 rings (SSSR count). The fourth-order valence-corrected chi connectivity index (χ4v) is 3.10. The second-order valence-corrected chi connectivity index (χ2v) is 6.92. The lowest BCUT2D eigenvalue weighted by Gasteiger charge is -2.46. The summed E-state index contributed by atoms with van der Waals surface area (Å²) >= 11 is 0. The molecule has 1 saturated carbocycles. The Balaban J connectivity index is 2.25. The molecule has 1 aliphatic carbocycles. The Morgan fingerprint density at radius 1 is 1.20 bits per heavy atom. The van der Waals surface area contributed by atoms with E-state index in [9.17, 15) is 4.39 Å². The maximum Gasteiger partial charge on any atom is 0.126 e. The number of rotatable bonds is 3. The van der Waals surface area contributed by atoms with Crippen LogP contribution in [0.2, 0.25) is 0 Å². The minimum absolute atomic E-state index is 0.194. The van der Waals surface area contributed by atoms with Crippen molar-refractivity contribution in [3.05, 3.63) is 35.1 Å². The molecule has 1 fully saturated rings. The van der Waals surface area contributed by atoms with E-state index in [-0.39, 0.29) is 17.5 Å². The van der Waals surface area contributed by atoms with Gasteiger partial charge in [0.15, 0.2) is 0 Å². The summed E-state index contributed by atoms with van der Waals surface area (Å²) in [5.41, 5.74) is 7.89. The molecule has 0 saturated heterocycles. The van der Waals surface area contributed by atoms with Gasteiger partial charge in [-0.25, -0.2) is 4.39 Å². The van der Waals surface area contributed by atoms with E-state index in [0.717, 1.165) is 31.2 Å². The summed E-state index contributed by atoms with van der Waals surface area (Å²) in [6, 6.07) is 4.99. The normalized spacial score (nSPS) is 22.5. The lowest BCUT2D eigenvalue weighted by molar-refractivity contribution is -0.0794. The molecule has 1 aromatic carbocycles. The molecular formula is C17H26FNO. The van der Waals surface area contributed by atoms with E-state index >= 15 is 0 Å². The third-order valence-electron chi connectivity index (χ3n) is 4.98. The summed E-state index contributed by atoms with van der Waals surface area (Å²) in [6.07, 6.45) is 4.02. The standard InChI is InChI=1S/C17H26FNO/c1-12-5-6-13(11-14(12)18)15(19)17(20-4)9-7-16(2,3)8-10-17/h5-6,11,15H,7-10,19H2,1-4H3. The van der Waals surface area contributed by atoms with Crippen LogP contribution in [0.4, 0.5) is 4.39 Å². The lowest BCUT2D eigenvalue weighted by Crippen LogP contribution is -2.47. The summed E-state index contributed by atoms with van der Waals surface area (Å²) in [5, 5.41) is 0. The first kappa shape index (κ1) is 15.5.